The van der Waals surface area contributed by atoms with Gasteiger partial charge in [0.2, 0.25) is 0 Å². The van der Waals surface area contributed by atoms with Gasteiger partial charge in [0.25, 0.3) is 0 Å². The van der Waals surface area contributed by atoms with Crippen molar-refractivity contribution in [3.8, 4) is 0 Å². The van der Waals surface area contributed by atoms with Gasteiger partial charge in [0.05, 0.1) is 5.92 Å². The molecule has 1 heterocycles. The first-order chi connectivity index (χ1) is 10.2. The molecular weight excluding hydrogens is 262 g/mol. The highest BCUT2D eigenvalue weighted by Gasteiger charge is 2.41. The Balaban J connectivity index is 1.67. The monoisotopic (exact) mass is 287 g/mol. The summed E-state index contributed by atoms with van der Waals surface area (Å²) < 4.78 is 0. The van der Waals surface area contributed by atoms with Gasteiger partial charge in [-0.3, -0.25) is 9.69 Å². The molecule has 1 aromatic carbocycles. The molecular formula is C18H25NO2. The number of hydrogen-bond acceptors (Lipinski definition) is 2. The average molecular weight is 287 g/mol. The van der Waals surface area contributed by atoms with Gasteiger partial charge in [-0.1, -0.05) is 62.4 Å². The predicted molar refractivity (Wildman–Crippen MR) is 82.9 cm³/mol. The SMILES string of the molecule is O=C(O)[C@H]1CN(Cc2ccccc2)C[C@@H]1C1CCCCC1. The molecule has 1 aliphatic carbocycles. The van der Waals surface area contributed by atoms with Gasteiger partial charge in [-0.2, -0.15) is 0 Å². The maximum Gasteiger partial charge on any atom is 0.308 e. The highest BCUT2D eigenvalue weighted by atomic mass is 16.4. The molecule has 3 heteroatoms. The molecule has 2 fully saturated rings. The second kappa shape index (κ2) is 6.61. The molecule has 114 valence electrons. The standard InChI is InChI=1S/C18H25NO2/c20-18(21)17-13-19(11-14-7-3-1-4-8-14)12-16(17)15-9-5-2-6-10-15/h1,3-4,7-8,15-17H,2,5-6,9-13H2,(H,20,21)/t16-,17+/m1/s1. The molecule has 2 aliphatic rings. The number of rotatable bonds is 4. The maximum absolute atomic E-state index is 11.6. The Morgan fingerprint density at radius 1 is 1.10 bits per heavy atom. The summed E-state index contributed by atoms with van der Waals surface area (Å²) in [6.45, 7) is 2.55. The Bertz CT molecular complexity index is 467. The Hall–Kier alpha value is -1.35. The first kappa shape index (κ1) is 14.6. The Morgan fingerprint density at radius 3 is 2.48 bits per heavy atom. The minimum absolute atomic E-state index is 0.170. The van der Waals surface area contributed by atoms with Crippen LogP contribution in [0, 0.1) is 17.8 Å². The van der Waals surface area contributed by atoms with Crippen LogP contribution in [-0.2, 0) is 11.3 Å². The van der Waals surface area contributed by atoms with E-state index in [2.05, 4.69) is 29.2 Å². The van der Waals surface area contributed by atoms with Crippen LogP contribution in [0.4, 0.5) is 0 Å². The van der Waals surface area contributed by atoms with Crippen molar-refractivity contribution in [1.82, 2.24) is 4.90 Å². The van der Waals surface area contributed by atoms with E-state index in [0.717, 1.165) is 13.1 Å². The fourth-order valence-electron chi connectivity index (χ4n) is 4.19. The Kier molecular flexibility index (Phi) is 4.59. The van der Waals surface area contributed by atoms with Crippen molar-refractivity contribution >= 4 is 5.97 Å². The quantitative estimate of drug-likeness (QED) is 0.922. The van der Waals surface area contributed by atoms with Crippen LogP contribution in [0.3, 0.4) is 0 Å². The summed E-state index contributed by atoms with van der Waals surface area (Å²) in [4.78, 5) is 14.0. The minimum atomic E-state index is -0.596. The smallest absolute Gasteiger partial charge is 0.308 e. The predicted octanol–water partition coefficient (Wildman–Crippen LogP) is 3.40. The molecule has 0 amide bonds. The third-order valence-electron chi connectivity index (χ3n) is 5.26. The van der Waals surface area contributed by atoms with Gasteiger partial charge in [0.1, 0.15) is 0 Å². The van der Waals surface area contributed by atoms with Gasteiger partial charge in [0, 0.05) is 19.6 Å². The zero-order valence-electron chi connectivity index (χ0n) is 12.6. The van der Waals surface area contributed by atoms with Crippen LogP contribution in [-0.4, -0.2) is 29.1 Å². The number of carbonyl (C=O) groups is 1. The summed E-state index contributed by atoms with van der Waals surface area (Å²) in [5.41, 5.74) is 1.28. The van der Waals surface area contributed by atoms with E-state index in [1.807, 2.05) is 6.07 Å². The van der Waals surface area contributed by atoms with Crippen LogP contribution < -0.4 is 0 Å². The van der Waals surface area contributed by atoms with Crippen molar-refractivity contribution < 1.29 is 9.90 Å². The van der Waals surface area contributed by atoms with Gasteiger partial charge < -0.3 is 5.11 Å². The molecule has 0 radical (unpaired) electrons. The number of carboxylic acid groups (broad SMARTS) is 1. The lowest BCUT2D eigenvalue weighted by Crippen LogP contribution is -2.29. The van der Waals surface area contributed by atoms with Gasteiger partial charge in [-0.15, -0.1) is 0 Å². The summed E-state index contributed by atoms with van der Waals surface area (Å²) in [5, 5.41) is 9.57. The van der Waals surface area contributed by atoms with E-state index < -0.39 is 5.97 Å². The molecule has 0 bridgehead atoms. The lowest BCUT2D eigenvalue weighted by Gasteiger charge is -2.29. The number of carboxylic acids is 1. The third-order valence-corrected chi connectivity index (χ3v) is 5.26. The zero-order chi connectivity index (χ0) is 14.7. The maximum atomic E-state index is 11.6. The summed E-state index contributed by atoms with van der Waals surface area (Å²) in [7, 11) is 0. The molecule has 3 nitrogen and oxygen atoms in total. The lowest BCUT2D eigenvalue weighted by atomic mass is 9.75. The van der Waals surface area contributed by atoms with Crippen LogP contribution >= 0.6 is 0 Å². The molecule has 1 saturated heterocycles. The number of likely N-dealkylation sites (tertiary alicyclic amines) is 1. The van der Waals surface area contributed by atoms with E-state index in [1.54, 1.807) is 0 Å². The Morgan fingerprint density at radius 2 is 1.81 bits per heavy atom. The first-order valence-corrected chi connectivity index (χ1v) is 8.23. The summed E-state index contributed by atoms with van der Waals surface area (Å²) in [6.07, 6.45) is 6.36. The number of nitrogens with zero attached hydrogens (tertiary/aromatic N) is 1. The van der Waals surface area contributed by atoms with E-state index in [4.69, 9.17) is 0 Å². The fraction of sp³-hybridized carbons (Fsp3) is 0.611. The second-order valence-electron chi connectivity index (χ2n) is 6.69. The number of aliphatic carboxylic acids is 1. The van der Waals surface area contributed by atoms with Crippen molar-refractivity contribution in [2.75, 3.05) is 13.1 Å². The molecule has 1 aliphatic heterocycles. The summed E-state index contributed by atoms with van der Waals surface area (Å²) >= 11 is 0. The van der Waals surface area contributed by atoms with Crippen molar-refractivity contribution in [2.45, 2.75) is 38.6 Å². The van der Waals surface area contributed by atoms with Crippen molar-refractivity contribution in [1.29, 1.82) is 0 Å². The van der Waals surface area contributed by atoms with Crippen LogP contribution in [0.25, 0.3) is 0 Å². The highest BCUT2D eigenvalue weighted by Crippen LogP contribution is 2.38. The van der Waals surface area contributed by atoms with E-state index in [1.165, 1.54) is 37.7 Å². The first-order valence-electron chi connectivity index (χ1n) is 8.23. The summed E-state index contributed by atoms with van der Waals surface area (Å²) in [5.74, 6) is 0.213. The van der Waals surface area contributed by atoms with E-state index in [0.29, 0.717) is 18.4 Å². The van der Waals surface area contributed by atoms with E-state index in [-0.39, 0.29) is 5.92 Å². The molecule has 0 aromatic heterocycles. The molecule has 21 heavy (non-hydrogen) atoms. The molecule has 1 N–H and O–H groups in total. The number of benzene rings is 1. The molecule has 0 unspecified atom stereocenters. The van der Waals surface area contributed by atoms with Crippen LogP contribution in [0.15, 0.2) is 30.3 Å². The molecule has 1 saturated carbocycles. The van der Waals surface area contributed by atoms with Crippen molar-refractivity contribution in [3.63, 3.8) is 0 Å². The third kappa shape index (κ3) is 3.46. The largest absolute Gasteiger partial charge is 0.481 e. The van der Waals surface area contributed by atoms with Gasteiger partial charge in [-0.25, -0.2) is 0 Å². The van der Waals surface area contributed by atoms with Crippen molar-refractivity contribution in [3.05, 3.63) is 35.9 Å². The van der Waals surface area contributed by atoms with Crippen LogP contribution in [0.1, 0.15) is 37.7 Å². The van der Waals surface area contributed by atoms with Gasteiger partial charge >= 0.3 is 5.97 Å². The summed E-state index contributed by atoms with van der Waals surface area (Å²) in [6, 6.07) is 10.4. The highest BCUT2D eigenvalue weighted by molar-refractivity contribution is 5.71. The molecule has 1 aromatic rings. The van der Waals surface area contributed by atoms with Crippen LogP contribution in [0.2, 0.25) is 0 Å². The minimum Gasteiger partial charge on any atom is -0.481 e. The van der Waals surface area contributed by atoms with Gasteiger partial charge in [-0.05, 0) is 17.4 Å². The van der Waals surface area contributed by atoms with Gasteiger partial charge in [0.15, 0.2) is 0 Å². The average Bonchev–Trinajstić information content (AvgIpc) is 2.93. The van der Waals surface area contributed by atoms with E-state index in [9.17, 15) is 9.90 Å². The molecule has 0 spiro atoms. The fourth-order valence-corrected chi connectivity index (χ4v) is 4.19. The molecule has 2 atom stereocenters. The second-order valence-corrected chi connectivity index (χ2v) is 6.69. The van der Waals surface area contributed by atoms with Crippen LogP contribution in [0.5, 0.6) is 0 Å². The zero-order valence-corrected chi connectivity index (χ0v) is 12.6. The lowest BCUT2D eigenvalue weighted by molar-refractivity contribution is -0.143. The van der Waals surface area contributed by atoms with Crippen molar-refractivity contribution in [2.24, 2.45) is 17.8 Å². The topological polar surface area (TPSA) is 40.5 Å². The number of hydrogen-bond donors (Lipinski definition) is 1. The van der Waals surface area contributed by atoms with E-state index >= 15 is 0 Å². The molecule has 3 rings (SSSR count). The Labute approximate surface area is 127 Å². The normalized spacial score (nSPS) is 27.8.